The molecule has 0 unspecified atom stereocenters. The molecule has 1 aromatic rings. The van der Waals surface area contributed by atoms with Crippen LogP contribution >= 0.6 is 0 Å². The highest BCUT2D eigenvalue weighted by Gasteiger charge is 2.19. The van der Waals surface area contributed by atoms with Gasteiger partial charge in [-0.3, -0.25) is 4.79 Å². The van der Waals surface area contributed by atoms with E-state index in [0.717, 1.165) is 12.1 Å². The number of nitrogens with one attached hydrogen (secondary N) is 1. The van der Waals surface area contributed by atoms with E-state index >= 15 is 0 Å². The third-order valence-corrected chi connectivity index (χ3v) is 1.85. The molecule has 0 saturated heterocycles. The number of hydrogen-bond donors (Lipinski definition) is 2. The van der Waals surface area contributed by atoms with Crippen LogP contribution in [-0.4, -0.2) is 24.1 Å². The fourth-order valence-corrected chi connectivity index (χ4v) is 1.24. The van der Waals surface area contributed by atoms with Crippen molar-refractivity contribution in [2.24, 2.45) is 0 Å². The molecule has 1 rings (SSSR count). The summed E-state index contributed by atoms with van der Waals surface area (Å²) in [5, 5.41) is 11.1. The normalized spacial score (nSPS) is 9.69. The zero-order chi connectivity index (χ0) is 12.3. The fraction of sp³-hybridized carbons (Fsp3) is 0.200. The minimum absolute atomic E-state index is 0.178. The molecule has 0 atom stereocenters. The van der Waals surface area contributed by atoms with Crippen LogP contribution in [0.3, 0.4) is 0 Å². The molecule has 6 heteroatoms. The standard InChI is InChI=1S/C10H10FNO4/c1-5(13)12-8-6(10(14)15)3-4-7(11)9(8)16-2/h3-4H,1-2H3,(H,12,13)(H,14,15). The number of halogens is 1. The molecule has 1 amide bonds. The van der Waals surface area contributed by atoms with Gasteiger partial charge in [0.15, 0.2) is 11.6 Å². The third-order valence-electron chi connectivity index (χ3n) is 1.85. The van der Waals surface area contributed by atoms with E-state index in [1.54, 1.807) is 0 Å². The first-order chi connectivity index (χ1) is 7.47. The highest BCUT2D eigenvalue weighted by Crippen LogP contribution is 2.31. The molecular formula is C10H10FNO4. The maximum Gasteiger partial charge on any atom is 0.337 e. The Morgan fingerprint density at radius 1 is 1.44 bits per heavy atom. The second-order valence-corrected chi connectivity index (χ2v) is 2.99. The Kier molecular flexibility index (Phi) is 3.44. The SMILES string of the molecule is COc1c(F)ccc(C(=O)O)c1NC(C)=O. The summed E-state index contributed by atoms with van der Waals surface area (Å²) in [6, 6.07) is 2.03. The topological polar surface area (TPSA) is 75.6 Å². The summed E-state index contributed by atoms with van der Waals surface area (Å²) in [5.41, 5.74) is -0.407. The Morgan fingerprint density at radius 2 is 2.06 bits per heavy atom. The molecule has 0 fully saturated rings. The number of rotatable bonds is 3. The number of carboxylic acids is 1. The average Bonchev–Trinajstić information content (AvgIpc) is 2.16. The molecule has 0 spiro atoms. The Hall–Kier alpha value is -2.11. The monoisotopic (exact) mass is 227 g/mol. The van der Waals surface area contributed by atoms with Gasteiger partial charge in [0.1, 0.15) is 5.69 Å². The summed E-state index contributed by atoms with van der Waals surface area (Å²) in [4.78, 5) is 21.7. The van der Waals surface area contributed by atoms with Gasteiger partial charge in [0, 0.05) is 6.92 Å². The molecule has 0 radical (unpaired) electrons. The Balaban J connectivity index is 3.40. The lowest BCUT2D eigenvalue weighted by molar-refractivity contribution is -0.114. The van der Waals surface area contributed by atoms with Crippen LogP contribution in [0.15, 0.2) is 12.1 Å². The summed E-state index contributed by atoms with van der Waals surface area (Å²) in [7, 11) is 1.19. The number of hydrogen-bond acceptors (Lipinski definition) is 3. The van der Waals surface area contributed by atoms with Crippen molar-refractivity contribution < 1.29 is 23.8 Å². The van der Waals surface area contributed by atoms with Crippen LogP contribution in [0.1, 0.15) is 17.3 Å². The molecule has 0 aliphatic heterocycles. The summed E-state index contributed by atoms with van der Waals surface area (Å²) < 4.78 is 18.0. The average molecular weight is 227 g/mol. The number of aromatic carboxylic acids is 1. The smallest absolute Gasteiger partial charge is 0.337 e. The first kappa shape index (κ1) is 12.0. The van der Waals surface area contributed by atoms with Crippen molar-refractivity contribution in [3.63, 3.8) is 0 Å². The molecule has 2 N–H and O–H groups in total. The van der Waals surface area contributed by atoms with Crippen LogP contribution in [0.5, 0.6) is 5.75 Å². The number of ether oxygens (including phenoxy) is 1. The van der Waals surface area contributed by atoms with E-state index < -0.39 is 17.7 Å². The van der Waals surface area contributed by atoms with Crippen molar-refractivity contribution >= 4 is 17.6 Å². The highest BCUT2D eigenvalue weighted by molar-refractivity contribution is 6.01. The number of carbonyl (C=O) groups is 2. The zero-order valence-corrected chi connectivity index (χ0v) is 8.70. The van der Waals surface area contributed by atoms with Crippen molar-refractivity contribution in [1.82, 2.24) is 0 Å². The van der Waals surface area contributed by atoms with Gasteiger partial charge in [-0.1, -0.05) is 0 Å². The van der Waals surface area contributed by atoms with E-state index in [2.05, 4.69) is 5.32 Å². The van der Waals surface area contributed by atoms with Gasteiger partial charge in [-0.2, -0.15) is 0 Å². The van der Waals surface area contributed by atoms with Crippen LogP contribution in [0.25, 0.3) is 0 Å². The van der Waals surface area contributed by atoms with Gasteiger partial charge in [-0.25, -0.2) is 9.18 Å². The van der Waals surface area contributed by atoms with Crippen LogP contribution in [0, 0.1) is 5.82 Å². The van der Waals surface area contributed by atoms with Gasteiger partial charge < -0.3 is 15.2 Å². The minimum Gasteiger partial charge on any atom is -0.492 e. The summed E-state index contributed by atoms with van der Waals surface area (Å²) in [5.74, 6) is -2.82. The molecule has 0 saturated carbocycles. The van der Waals surface area contributed by atoms with Crippen molar-refractivity contribution in [1.29, 1.82) is 0 Å². The third kappa shape index (κ3) is 2.28. The molecule has 0 bridgehead atoms. The van der Waals surface area contributed by atoms with E-state index in [1.807, 2.05) is 0 Å². The Bertz CT molecular complexity index is 445. The Morgan fingerprint density at radius 3 is 2.50 bits per heavy atom. The molecule has 0 heterocycles. The van der Waals surface area contributed by atoms with E-state index in [9.17, 15) is 14.0 Å². The molecule has 16 heavy (non-hydrogen) atoms. The van der Waals surface area contributed by atoms with Crippen molar-refractivity contribution in [2.75, 3.05) is 12.4 Å². The summed E-state index contributed by atoms with van der Waals surface area (Å²) >= 11 is 0. The second-order valence-electron chi connectivity index (χ2n) is 2.99. The van der Waals surface area contributed by atoms with Crippen LogP contribution in [-0.2, 0) is 4.79 Å². The maximum atomic E-state index is 13.3. The van der Waals surface area contributed by atoms with Crippen molar-refractivity contribution in [3.8, 4) is 5.75 Å². The highest BCUT2D eigenvalue weighted by atomic mass is 19.1. The second kappa shape index (κ2) is 4.61. The van der Waals surface area contributed by atoms with Gasteiger partial charge >= 0.3 is 5.97 Å². The largest absolute Gasteiger partial charge is 0.492 e. The maximum absolute atomic E-state index is 13.3. The van der Waals surface area contributed by atoms with Gasteiger partial charge in [0.25, 0.3) is 0 Å². The predicted octanol–water partition coefficient (Wildman–Crippen LogP) is 1.49. The van der Waals surface area contributed by atoms with E-state index in [4.69, 9.17) is 9.84 Å². The number of carbonyl (C=O) groups excluding carboxylic acids is 1. The first-order valence-corrected chi connectivity index (χ1v) is 4.34. The van der Waals surface area contributed by atoms with Gasteiger partial charge in [0.2, 0.25) is 5.91 Å². The lowest BCUT2D eigenvalue weighted by Gasteiger charge is -2.12. The molecule has 0 aliphatic rings. The molecule has 0 aromatic heterocycles. The summed E-state index contributed by atoms with van der Waals surface area (Å²) in [6.07, 6.45) is 0. The van der Waals surface area contributed by atoms with Crippen LogP contribution in [0.4, 0.5) is 10.1 Å². The van der Waals surface area contributed by atoms with Crippen molar-refractivity contribution in [2.45, 2.75) is 6.92 Å². The van der Waals surface area contributed by atoms with Gasteiger partial charge in [-0.15, -0.1) is 0 Å². The van der Waals surface area contributed by atoms with Crippen LogP contribution < -0.4 is 10.1 Å². The predicted molar refractivity (Wildman–Crippen MR) is 54.2 cm³/mol. The molecule has 0 aliphatic carbocycles. The van der Waals surface area contributed by atoms with Crippen molar-refractivity contribution in [3.05, 3.63) is 23.5 Å². The summed E-state index contributed by atoms with van der Waals surface area (Å²) in [6.45, 7) is 1.19. The molecule has 86 valence electrons. The first-order valence-electron chi connectivity index (χ1n) is 4.34. The number of amides is 1. The molecule has 5 nitrogen and oxygen atoms in total. The van der Waals surface area contributed by atoms with E-state index in [-0.39, 0.29) is 17.0 Å². The molecular weight excluding hydrogens is 217 g/mol. The lowest BCUT2D eigenvalue weighted by atomic mass is 10.1. The van der Waals surface area contributed by atoms with Gasteiger partial charge in [-0.05, 0) is 12.1 Å². The lowest BCUT2D eigenvalue weighted by Crippen LogP contribution is -2.13. The Labute approximate surface area is 90.8 Å². The number of benzene rings is 1. The number of methoxy groups -OCH3 is 1. The fourth-order valence-electron chi connectivity index (χ4n) is 1.24. The quantitative estimate of drug-likeness (QED) is 0.820. The van der Waals surface area contributed by atoms with E-state index in [0.29, 0.717) is 0 Å². The number of anilines is 1. The zero-order valence-electron chi connectivity index (χ0n) is 8.70. The van der Waals surface area contributed by atoms with Crippen LogP contribution in [0.2, 0.25) is 0 Å². The number of carboxylic acid groups (broad SMARTS) is 1. The van der Waals surface area contributed by atoms with Gasteiger partial charge in [0.05, 0.1) is 12.7 Å². The van der Waals surface area contributed by atoms with E-state index in [1.165, 1.54) is 14.0 Å². The minimum atomic E-state index is -1.28. The molecule has 1 aromatic carbocycles.